The maximum absolute atomic E-state index is 5.76. The van der Waals surface area contributed by atoms with Crippen LogP contribution in [0.5, 0.6) is 5.88 Å². The van der Waals surface area contributed by atoms with Gasteiger partial charge in [0.25, 0.3) is 0 Å². The third kappa shape index (κ3) is 2.89. The highest BCUT2D eigenvalue weighted by Crippen LogP contribution is 2.21. The van der Waals surface area contributed by atoms with Crippen molar-refractivity contribution in [2.24, 2.45) is 0 Å². The van der Waals surface area contributed by atoms with Gasteiger partial charge in [0.1, 0.15) is 6.10 Å². The first kappa shape index (κ1) is 10.3. The van der Waals surface area contributed by atoms with E-state index in [-0.39, 0.29) is 0 Å². The summed E-state index contributed by atoms with van der Waals surface area (Å²) >= 11 is 5.31. The molecule has 0 saturated carbocycles. The van der Waals surface area contributed by atoms with Crippen LogP contribution in [0.3, 0.4) is 0 Å². The van der Waals surface area contributed by atoms with Crippen molar-refractivity contribution in [1.29, 1.82) is 0 Å². The minimum absolute atomic E-state index is 0.349. The molecule has 1 aromatic rings. The molecular weight excluding hydrogens is 262 g/mol. The summed E-state index contributed by atoms with van der Waals surface area (Å²) in [6, 6.07) is 3.86. The van der Waals surface area contributed by atoms with Crippen molar-refractivity contribution in [2.75, 3.05) is 11.5 Å². The number of nitrogens with zero attached hydrogens (tertiary/aromatic N) is 1. The fourth-order valence-electron chi connectivity index (χ4n) is 1.41. The summed E-state index contributed by atoms with van der Waals surface area (Å²) in [4.78, 5) is 4.19. The van der Waals surface area contributed by atoms with Gasteiger partial charge in [-0.25, -0.2) is 4.98 Å². The second-order valence-corrected chi connectivity index (χ2v) is 5.34. The van der Waals surface area contributed by atoms with E-state index < -0.39 is 0 Å². The van der Waals surface area contributed by atoms with Crippen LogP contribution in [-0.2, 0) is 0 Å². The lowest BCUT2D eigenvalue weighted by Crippen LogP contribution is -2.23. The number of hydrogen-bond acceptors (Lipinski definition) is 3. The number of rotatable bonds is 2. The van der Waals surface area contributed by atoms with Gasteiger partial charge in [-0.15, -0.1) is 0 Å². The molecule has 1 fully saturated rings. The highest BCUT2D eigenvalue weighted by molar-refractivity contribution is 9.10. The van der Waals surface area contributed by atoms with Crippen molar-refractivity contribution in [3.8, 4) is 5.88 Å². The molecule has 0 radical (unpaired) electrons. The molecule has 2 heterocycles. The molecule has 1 aromatic heterocycles. The van der Waals surface area contributed by atoms with Gasteiger partial charge in [0.05, 0.1) is 0 Å². The van der Waals surface area contributed by atoms with Gasteiger partial charge in [-0.3, -0.25) is 0 Å². The first-order valence-electron chi connectivity index (χ1n) is 4.70. The molecule has 76 valence electrons. The lowest BCUT2D eigenvalue weighted by atomic mass is 10.2. The molecule has 1 aliphatic rings. The minimum atomic E-state index is 0.349. The average molecular weight is 274 g/mol. The monoisotopic (exact) mass is 273 g/mol. The Balaban J connectivity index is 1.92. The van der Waals surface area contributed by atoms with E-state index in [4.69, 9.17) is 4.74 Å². The van der Waals surface area contributed by atoms with E-state index in [1.807, 2.05) is 23.9 Å². The first-order valence-corrected chi connectivity index (χ1v) is 6.65. The zero-order valence-corrected chi connectivity index (χ0v) is 10.2. The van der Waals surface area contributed by atoms with Crippen molar-refractivity contribution in [3.05, 3.63) is 22.8 Å². The van der Waals surface area contributed by atoms with E-state index in [1.54, 1.807) is 6.20 Å². The van der Waals surface area contributed by atoms with Crippen LogP contribution >= 0.6 is 27.7 Å². The standard InChI is InChI=1S/C10H12BrNOS/c11-8-3-4-10(12-6-8)13-9-2-1-5-14-7-9/h3-4,6,9H,1-2,5,7H2. The van der Waals surface area contributed by atoms with Crippen LogP contribution in [0.1, 0.15) is 12.8 Å². The molecule has 2 nitrogen and oxygen atoms in total. The highest BCUT2D eigenvalue weighted by Gasteiger charge is 2.15. The van der Waals surface area contributed by atoms with Gasteiger partial charge in [0.2, 0.25) is 5.88 Å². The molecule has 2 rings (SSSR count). The summed E-state index contributed by atoms with van der Waals surface area (Å²) in [5, 5.41) is 0. The fraction of sp³-hybridized carbons (Fsp3) is 0.500. The van der Waals surface area contributed by atoms with E-state index in [0.29, 0.717) is 6.10 Å². The Morgan fingerprint density at radius 2 is 2.43 bits per heavy atom. The summed E-state index contributed by atoms with van der Waals surface area (Å²) in [6.07, 6.45) is 4.53. The van der Waals surface area contributed by atoms with Crippen LogP contribution < -0.4 is 4.74 Å². The lowest BCUT2D eigenvalue weighted by molar-refractivity contribution is 0.203. The first-order chi connectivity index (χ1) is 6.84. The van der Waals surface area contributed by atoms with Gasteiger partial charge >= 0.3 is 0 Å². The number of halogens is 1. The molecule has 14 heavy (non-hydrogen) atoms. The maximum Gasteiger partial charge on any atom is 0.213 e. The highest BCUT2D eigenvalue weighted by atomic mass is 79.9. The Labute approximate surface area is 96.6 Å². The average Bonchev–Trinajstić information content (AvgIpc) is 2.23. The second kappa shape index (κ2) is 5.03. The van der Waals surface area contributed by atoms with Crippen molar-refractivity contribution in [1.82, 2.24) is 4.98 Å². The molecule has 0 spiro atoms. The topological polar surface area (TPSA) is 22.1 Å². The number of aromatic nitrogens is 1. The van der Waals surface area contributed by atoms with E-state index >= 15 is 0 Å². The summed E-state index contributed by atoms with van der Waals surface area (Å²) < 4.78 is 6.75. The molecule has 0 bridgehead atoms. The maximum atomic E-state index is 5.76. The molecule has 0 amide bonds. The predicted octanol–water partition coefficient (Wildman–Crippen LogP) is 3.12. The fourth-order valence-corrected chi connectivity index (χ4v) is 2.68. The van der Waals surface area contributed by atoms with Crippen molar-refractivity contribution >= 4 is 27.7 Å². The van der Waals surface area contributed by atoms with Crippen LogP contribution in [0.15, 0.2) is 22.8 Å². The molecule has 1 saturated heterocycles. The number of hydrogen-bond donors (Lipinski definition) is 0. The van der Waals surface area contributed by atoms with Crippen LogP contribution in [-0.4, -0.2) is 22.6 Å². The normalized spacial score (nSPS) is 21.9. The molecule has 1 unspecified atom stereocenters. The number of thioether (sulfide) groups is 1. The van der Waals surface area contributed by atoms with E-state index in [9.17, 15) is 0 Å². The predicted molar refractivity (Wildman–Crippen MR) is 62.9 cm³/mol. The summed E-state index contributed by atoms with van der Waals surface area (Å²) in [6.45, 7) is 0. The summed E-state index contributed by atoms with van der Waals surface area (Å²) in [5.74, 6) is 3.10. The van der Waals surface area contributed by atoms with E-state index in [2.05, 4.69) is 20.9 Å². The van der Waals surface area contributed by atoms with E-state index in [0.717, 1.165) is 22.5 Å². The quantitative estimate of drug-likeness (QED) is 0.827. The van der Waals surface area contributed by atoms with Gasteiger partial charge < -0.3 is 4.74 Å². The molecule has 0 aliphatic carbocycles. The third-order valence-electron chi connectivity index (χ3n) is 2.11. The van der Waals surface area contributed by atoms with Crippen LogP contribution in [0.2, 0.25) is 0 Å². The van der Waals surface area contributed by atoms with Gasteiger partial charge in [-0.2, -0.15) is 11.8 Å². The molecule has 0 aromatic carbocycles. The van der Waals surface area contributed by atoms with Crippen LogP contribution in [0.25, 0.3) is 0 Å². The van der Waals surface area contributed by atoms with Crippen LogP contribution in [0.4, 0.5) is 0 Å². The smallest absolute Gasteiger partial charge is 0.213 e. The van der Waals surface area contributed by atoms with Crippen LogP contribution in [0, 0.1) is 0 Å². The van der Waals surface area contributed by atoms with Crippen molar-refractivity contribution in [2.45, 2.75) is 18.9 Å². The third-order valence-corrected chi connectivity index (χ3v) is 3.76. The second-order valence-electron chi connectivity index (χ2n) is 3.27. The van der Waals surface area contributed by atoms with E-state index in [1.165, 1.54) is 12.2 Å². The molecule has 0 N–H and O–H groups in total. The van der Waals surface area contributed by atoms with Gasteiger partial charge in [-0.05, 0) is 40.6 Å². The Hall–Kier alpha value is -0.220. The lowest BCUT2D eigenvalue weighted by Gasteiger charge is -2.21. The molecule has 4 heteroatoms. The largest absolute Gasteiger partial charge is 0.473 e. The summed E-state index contributed by atoms with van der Waals surface area (Å²) in [5.41, 5.74) is 0. The zero-order valence-electron chi connectivity index (χ0n) is 7.78. The zero-order chi connectivity index (χ0) is 9.80. The Bertz CT molecular complexity index is 285. The minimum Gasteiger partial charge on any atom is -0.473 e. The SMILES string of the molecule is Brc1ccc(OC2CCCSC2)nc1. The van der Waals surface area contributed by atoms with Gasteiger partial charge in [0.15, 0.2) is 0 Å². The van der Waals surface area contributed by atoms with Gasteiger partial charge in [0, 0.05) is 22.5 Å². The number of ether oxygens (including phenoxy) is 1. The van der Waals surface area contributed by atoms with Crippen molar-refractivity contribution < 1.29 is 4.74 Å². The van der Waals surface area contributed by atoms with Crippen molar-refractivity contribution in [3.63, 3.8) is 0 Å². The number of pyridine rings is 1. The van der Waals surface area contributed by atoms with Gasteiger partial charge in [-0.1, -0.05) is 0 Å². The summed E-state index contributed by atoms with van der Waals surface area (Å²) in [7, 11) is 0. The molecule has 1 atom stereocenters. The molecule has 1 aliphatic heterocycles. The Morgan fingerprint density at radius 1 is 1.50 bits per heavy atom. The Morgan fingerprint density at radius 3 is 3.07 bits per heavy atom. The Kier molecular flexibility index (Phi) is 3.70. The molecular formula is C10H12BrNOS.